The average molecular weight is 585 g/mol. The van der Waals surface area contributed by atoms with Crippen molar-refractivity contribution in [2.24, 2.45) is 5.92 Å². The van der Waals surface area contributed by atoms with Crippen molar-refractivity contribution in [3.63, 3.8) is 0 Å². The maximum atomic E-state index is 14.6. The molecule has 4 heterocycles. The zero-order valence-corrected chi connectivity index (χ0v) is 27.1. The lowest BCUT2D eigenvalue weighted by atomic mass is 9.86. The Balaban J connectivity index is 1.33. The van der Waals surface area contributed by atoms with Crippen molar-refractivity contribution >= 4 is 5.91 Å². The Morgan fingerprint density at radius 2 is 1.29 bits per heavy atom. The summed E-state index contributed by atoms with van der Waals surface area (Å²) in [6, 6.07) is 3.01. The number of nitrogens with one attached hydrogen (secondary N) is 1. The van der Waals surface area contributed by atoms with E-state index in [0.717, 1.165) is 31.6 Å². The Labute approximate surface area is 256 Å². The van der Waals surface area contributed by atoms with E-state index in [9.17, 15) is 9.18 Å². The molecule has 0 spiro atoms. The van der Waals surface area contributed by atoms with Crippen molar-refractivity contribution in [1.82, 2.24) is 10.2 Å². The molecule has 5 rings (SSSR count). The summed E-state index contributed by atoms with van der Waals surface area (Å²) >= 11 is 0. The third-order valence-electron chi connectivity index (χ3n) is 10.1. The molecule has 3 atom stereocenters. The van der Waals surface area contributed by atoms with Gasteiger partial charge in [-0.05, 0) is 64.3 Å². The minimum Gasteiger partial charge on any atom is -0.486 e. The minimum atomic E-state index is -0.413. The van der Waals surface area contributed by atoms with Crippen LogP contribution < -0.4 is 10.1 Å². The van der Waals surface area contributed by atoms with Gasteiger partial charge >= 0.3 is 0 Å². The highest BCUT2D eigenvalue weighted by Crippen LogP contribution is 2.38. The van der Waals surface area contributed by atoms with Crippen molar-refractivity contribution in [2.75, 3.05) is 19.6 Å². The molecular weight excluding hydrogens is 523 g/mol. The molecule has 42 heavy (non-hydrogen) atoms. The number of fused-ring (bicyclic) bond motifs is 23. The van der Waals surface area contributed by atoms with Gasteiger partial charge in [-0.15, -0.1) is 0 Å². The van der Waals surface area contributed by atoms with Crippen LogP contribution in [0.5, 0.6) is 5.75 Å². The number of amides is 1. The first kappa shape index (κ1) is 33.3. The predicted octanol–water partition coefficient (Wildman–Crippen LogP) is 9.78. The molecule has 238 valence electrons. The number of hydrogen-bond donors (Lipinski definition) is 1. The zero-order chi connectivity index (χ0) is 29.6. The van der Waals surface area contributed by atoms with Crippen LogP contribution >= 0.6 is 0 Å². The van der Waals surface area contributed by atoms with E-state index in [2.05, 4.69) is 10.2 Å². The number of piperidine rings is 1. The Hall–Kier alpha value is -1.62. The van der Waals surface area contributed by atoms with Crippen molar-refractivity contribution in [3.05, 3.63) is 29.1 Å². The Kier molecular flexibility index (Phi) is 14.0. The molecule has 1 N–H and O–H groups in total. The third kappa shape index (κ3) is 11.1. The molecule has 0 saturated carbocycles. The van der Waals surface area contributed by atoms with E-state index < -0.39 is 5.60 Å². The van der Waals surface area contributed by atoms with Crippen LogP contribution in [0.2, 0.25) is 0 Å². The van der Waals surface area contributed by atoms with Gasteiger partial charge in [0.1, 0.15) is 17.2 Å². The third-order valence-corrected chi connectivity index (χ3v) is 10.1. The first-order valence-corrected chi connectivity index (χ1v) is 18.0. The summed E-state index contributed by atoms with van der Waals surface area (Å²) in [6.45, 7) is 7.15. The van der Waals surface area contributed by atoms with Gasteiger partial charge in [0.2, 0.25) is 0 Å². The molecule has 0 aliphatic carbocycles. The maximum absolute atomic E-state index is 14.6. The zero-order valence-electron chi connectivity index (χ0n) is 27.1. The quantitative estimate of drug-likeness (QED) is 0.376. The van der Waals surface area contributed by atoms with Gasteiger partial charge in [0.25, 0.3) is 5.91 Å². The second kappa shape index (κ2) is 17.6. The van der Waals surface area contributed by atoms with E-state index in [-0.39, 0.29) is 17.8 Å². The van der Waals surface area contributed by atoms with Gasteiger partial charge < -0.3 is 15.0 Å². The Morgan fingerprint density at radius 1 is 0.762 bits per heavy atom. The van der Waals surface area contributed by atoms with Gasteiger partial charge in [-0.1, -0.05) is 116 Å². The molecule has 4 aliphatic rings. The molecule has 2 bridgehead atoms. The lowest BCUT2D eigenvalue weighted by molar-refractivity contribution is 0.0824. The van der Waals surface area contributed by atoms with Gasteiger partial charge in [-0.3, -0.25) is 4.79 Å². The van der Waals surface area contributed by atoms with E-state index in [1.54, 1.807) is 0 Å². The van der Waals surface area contributed by atoms with Gasteiger partial charge in [0.15, 0.2) is 0 Å². The smallest absolute Gasteiger partial charge is 0.255 e. The molecule has 1 aromatic carbocycles. The van der Waals surface area contributed by atoms with E-state index in [1.165, 1.54) is 141 Å². The molecule has 4 aliphatic heterocycles. The molecule has 1 amide bonds. The summed E-state index contributed by atoms with van der Waals surface area (Å²) in [6.07, 6.45) is 29.0. The molecule has 3 fully saturated rings. The number of nitrogens with zero attached hydrogens (tertiary/aromatic N) is 1. The molecule has 5 heteroatoms. The number of ether oxygens (including phenoxy) is 1. The highest BCUT2D eigenvalue weighted by Gasteiger charge is 2.36. The van der Waals surface area contributed by atoms with Crippen LogP contribution in [0.25, 0.3) is 0 Å². The van der Waals surface area contributed by atoms with Gasteiger partial charge in [-0.25, -0.2) is 4.39 Å². The monoisotopic (exact) mass is 584 g/mol. The molecule has 1 aromatic rings. The highest BCUT2D eigenvalue weighted by atomic mass is 19.1. The molecular formula is C37H61FN2O2. The average Bonchev–Trinajstić information content (AvgIpc) is 3.27. The van der Waals surface area contributed by atoms with Gasteiger partial charge in [0, 0.05) is 24.6 Å². The summed E-state index contributed by atoms with van der Waals surface area (Å²) < 4.78 is 20.7. The lowest BCUT2D eigenvalue weighted by Crippen LogP contribution is -2.52. The number of hydrogen-bond acceptors (Lipinski definition) is 3. The highest BCUT2D eigenvalue weighted by molar-refractivity contribution is 5.97. The summed E-state index contributed by atoms with van der Waals surface area (Å²) in [4.78, 5) is 16.2. The SMILES string of the molecule is CC1(C)Cc2cc(F)cc(C(=O)NC3CN4CCCCCCCCCCCCCCCCCCCCCC3CC4)c2O1. The standard InChI is InChI=1S/C37H61FN2O2/c1-37(2)28-31-26-32(38)27-33(35(31)42-37)36(41)39-34-29-40-24-21-19-17-15-13-11-9-7-5-3-4-6-8-10-12-14-16-18-20-22-30(34)23-25-40/h26-27,30,34H,3-25,28-29H2,1-2H3,(H,39,41). The van der Waals surface area contributed by atoms with E-state index in [0.29, 0.717) is 23.7 Å². The van der Waals surface area contributed by atoms with E-state index in [4.69, 9.17) is 4.74 Å². The fourth-order valence-electron chi connectivity index (χ4n) is 7.62. The molecule has 0 radical (unpaired) electrons. The van der Waals surface area contributed by atoms with Crippen molar-refractivity contribution < 1.29 is 13.9 Å². The van der Waals surface area contributed by atoms with E-state index >= 15 is 0 Å². The summed E-state index contributed by atoms with van der Waals surface area (Å²) in [7, 11) is 0. The fourth-order valence-corrected chi connectivity index (χ4v) is 7.62. The van der Waals surface area contributed by atoms with Crippen LogP contribution in [0, 0.1) is 11.7 Å². The molecule has 3 saturated heterocycles. The molecule has 4 nitrogen and oxygen atoms in total. The number of carbonyl (C=O) groups excluding carboxylic acids is 1. The Morgan fingerprint density at radius 3 is 1.86 bits per heavy atom. The summed E-state index contributed by atoms with van der Waals surface area (Å²) in [5.41, 5.74) is 0.755. The minimum absolute atomic E-state index is 0.106. The van der Waals surface area contributed by atoms with E-state index in [1.807, 2.05) is 13.8 Å². The number of halogens is 1. The Bertz CT molecular complexity index is 944. The van der Waals surface area contributed by atoms with Crippen LogP contribution in [0.3, 0.4) is 0 Å². The topological polar surface area (TPSA) is 41.6 Å². The molecule has 3 unspecified atom stereocenters. The second-order valence-corrected chi connectivity index (χ2v) is 14.4. The van der Waals surface area contributed by atoms with Crippen LogP contribution in [0.15, 0.2) is 12.1 Å². The first-order chi connectivity index (χ1) is 20.4. The number of carbonyl (C=O) groups is 1. The van der Waals surface area contributed by atoms with Crippen molar-refractivity contribution in [3.8, 4) is 5.75 Å². The summed E-state index contributed by atoms with van der Waals surface area (Å²) in [5.74, 6) is 0.530. The number of rotatable bonds is 2. The van der Waals surface area contributed by atoms with Crippen molar-refractivity contribution in [2.45, 2.75) is 167 Å². The van der Waals surface area contributed by atoms with Crippen LogP contribution in [-0.2, 0) is 6.42 Å². The van der Waals surface area contributed by atoms with Crippen LogP contribution in [0.1, 0.15) is 165 Å². The predicted molar refractivity (Wildman–Crippen MR) is 173 cm³/mol. The van der Waals surface area contributed by atoms with Crippen LogP contribution in [-0.4, -0.2) is 42.1 Å². The first-order valence-electron chi connectivity index (χ1n) is 18.0. The maximum Gasteiger partial charge on any atom is 0.255 e. The van der Waals surface area contributed by atoms with Gasteiger partial charge in [0.05, 0.1) is 5.56 Å². The largest absolute Gasteiger partial charge is 0.486 e. The lowest BCUT2D eigenvalue weighted by Gasteiger charge is -2.39. The van der Waals surface area contributed by atoms with Gasteiger partial charge in [-0.2, -0.15) is 0 Å². The summed E-state index contributed by atoms with van der Waals surface area (Å²) in [5, 5.41) is 3.39. The van der Waals surface area contributed by atoms with Crippen LogP contribution in [0.4, 0.5) is 4.39 Å². The normalized spacial score (nSPS) is 27.6. The fraction of sp³-hybridized carbons (Fsp3) is 0.811. The second-order valence-electron chi connectivity index (χ2n) is 14.4. The van der Waals surface area contributed by atoms with Crippen molar-refractivity contribution in [1.29, 1.82) is 0 Å². The number of benzene rings is 1. The molecule has 0 aromatic heterocycles.